The lowest BCUT2D eigenvalue weighted by Crippen LogP contribution is -2.40. The Morgan fingerprint density at radius 3 is 2.45 bits per heavy atom. The van der Waals surface area contributed by atoms with Crippen LogP contribution in [0, 0.1) is 6.92 Å². The van der Waals surface area contributed by atoms with E-state index in [-0.39, 0.29) is 6.54 Å². The number of nitrogens with zero attached hydrogens (tertiary/aromatic N) is 3. The lowest BCUT2D eigenvalue weighted by molar-refractivity contribution is -0.119. The second kappa shape index (κ2) is 10.3. The van der Waals surface area contributed by atoms with Crippen molar-refractivity contribution >= 4 is 38.9 Å². The van der Waals surface area contributed by atoms with E-state index < -0.39 is 15.9 Å². The number of rotatable bonds is 7. The first-order valence-corrected chi connectivity index (χ1v) is 12.3. The van der Waals surface area contributed by atoms with E-state index in [0.29, 0.717) is 10.7 Å². The Morgan fingerprint density at radius 2 is 1.84 bits per heavy atom. The van der Waals surface area contributed by atoms with E-state index in [2.05, 4.69) is 27.6 Å². The molecule has 2 aromatic rings. The quantitative estimate of drug-likeness (QED) is 0.640. The molecule has 0 aromatic heterocycles. The van der Waals surface area contributed by atoms with Crippen LogP contribution in [-0.4, -0.2) is 50.8 Å². The molecule has 1 amide bonds. The van der Waals surface area contributed by atoms with Crippen LogP contribution >= 0.6 is 11.6 Å². The maximum absolute atomic E-state index is 12.4. The van der Waals surface area contributed by atoms with Crippen LogP contribution in [0.1, 0.15) is 24.0 Å². The number of carbonyl (C=O) groups is 1. The first-order valence-electron chi connectivity index (χ1n) is 10.1. The highest BCUT2D eigenvalue weighted by molar-refractivity contribution is 7.92. The van der Waals surface area contributed by atoms with E-state index in [9.17, 15) is 13.2 Å². The van der Waals surface area contributed by atoms with E-state index in [0.717, 1.165) is 54.3 Å². The van der Waals surface area contributed by atoms with Gasteiger partial charge in [0.05, 0.1) is 11.9 Å². The van der Waals surface area contributed by atoms with Crippen molar-refractivity contribution in [3.8, 4) is 0 Å². The van der Waals surface area contributed by atoms with Gasteiger partial charge in [-0.1, -0.05) is 48.0 Å². The molecule has 0 saturated carbocycles. The van der Waals surface area contributed by atoms with Gasteiger partial charge in [-0.05, 0) is 30.2 Å². The van der Waals surface area contributed by atoms with Gasteiger partial charge in [0.1, 0.15) is 6.54 Å². The summed E-state index contributed by atoms with van der Waals surface area (Å²) in [5, 5.41) is 4.67. The van der Waals surface area contributed by atoms with Crippen molar-refractivity contribution in [1.82, 2.24) is 10.3 Å². The number of sulfonamides is 1. The Labute approximate surface area is 188 Å². The van der Waals surface area contributed by atoms with Gasteiger partial charge >= 0.3 is 0 Å². The minimum atomic E-state index is -3.66. The number of hydrogen-bond donors (Lipinski definition) is 1. The Hall–Kier alpha value is -2.42. The first-order chi connectivity index (χ1) is 14.7. The van der Waals surface area contributed by atoms with Gasteiger partial charge in [-0.25, -0.2) is 13.8 Å². The molecule has 1 fully saturated rings. The second-order valence-electron chi connectivity index (χ2n) is 7.68. The van der Waals surface area contributed by atoms with Crippen molar-refractivity contribution in [2.45, 2.75) is 26.3 Å². The van der Waals surface area contributed by atoms with Crippen LogP contribution in [0.15, 0.2) is 53.6 Å². The van der Waals surface area contributed by atoms with Crippen LogP contribution in [-0.2, 0) is 21.4 Å². The predicted molar refractivity (Wildman–Crippen MR) is 125 cm³/mol. The number of carbonyl (C=O) groups excluding carboxylic acids is 1. The number of likely N-dealkylation sites (tertiary alicyclic amines) is 1. The van der Waals surface area contributed by atoms with Crippen LogP contribution in [0.5, 0.6) is 0 Å². The molecule has 3 rings (SSSR count). The summed E-state index contributed by atoms with van der Waals surface area (Å²) in [6, 6.07) is 15.2. The van der Waals surface area contributed by atoms with E-state index >= 15 is 0 Å². The molecule has 0 spiro atoms. The summed E-state index contributed by atoms with van der Waals surface area (Å²) >= 11 is 6.12. The SMILES string of the molecule is Cc1ccc(N(CC(=O)NN=C2CCN(Cc3ccccc3)CC2)S(C)(=O)=O)cc1Cl. The average Bonchev–Trinajstić information content (AvgIpc) is 2.73. The molecule has 0 unspecified atom stereocenters. The van der Waals surface area contributed by atoms with E-state index in [1.807, 2.05) is 25.1 Å². The molecular weight excluding hydrogens is 436 g/mol. The molecular formula is C22H27ClN4O3S. The molecule has 0 aliphatic carbocycles. The van der Waals surface area contributed by atoms with Crippen LogP contribution in [0.25, 0.3) is 0 Å². The van der Waals surface area contributed by atoms with Crippen molar-refractivity contribution in [1.29, 1.82) is 0 Å². The molecule has 1 aliphatic heterocycles. The molecule has 31 heavy (non-hydrogen) atoms. The Balaban J connectivity index is 1.55. The molecule has 0 bridgehead atoms. The number of hydrogen-bond acceptors (Lipinski definition) is 5. The molecule has 1 aliphatic rings. The molecule has 1 N–H and O–H groups in total. The van der Waals surface area contributed by atoms with Crippen molar-refractivity contribution in [3.05, 3.63) is 64.7 Å². The van der Waals surface area contributed by atoms with Crippen LogP contribution < -0.4 is 9.73 Å². The van der Waals surface area contributed by atoms with Gasteiger partial charge in [0.2, 0.25) is 10.0 Å². The normalized spacial score (nSPS) is 14.9. The topological polar surface area (TPSA) is 82.1 Å². The smallest absolute Gasteiger partial charge is 0.260 e. The van der Waals surface area contributed by atoms with Crippen molar-refractivity contribution in [3.63, 3.8) is 0 Å². The second-order valence-corrected chi connectivity index (χ2v) is 9.99. The fraction of sp³-hybridized carbons (Fsp3) is 0.364. The summed E-state index contributed by atoms with van der Waals surface area (Å²) in [6.45, 7) is 4.07. The molecule has 0 atom stereocenters. The fourth-order valence-corrected chi connectivity index (χ4v) is 4.39. The summed E-state index contributed by atoms with van der Waals surface area (Å²) in [6.07, 6.45) is 2.58. The lowest BCUT2D eigenvalue weighted by atomic mass is 10.1. The van der Waals surface area contributed by atoms with Gasteiger partial charge in [0.25, 0.3) is 5.91 Å². The van der Waals surface area contributed by atoms with Gasteiger partial charge in [-0.2, -0.15) is 5.10 Å². The molecule has 166 valence electrons. The zero-order valence-corrected chi connectivity index (χ0v) is 19.3. The highest BCUT2D eigenvalue weighted by atomic mass is 35.5. The molecule has 0 radical (unpaired) electrons. The van der Waals surface area contributed by atoms with Crippen LogP contribution in [0.2, 0.25) is 5.02 Å². The van der Waals surface area contributed by atoms with Crippen molar-refractivity contribution < 1.29 is 13.2 Å². The Morgan fingerprint density at radius 1 is 1.16 bits per heavy atom. The maximum atomic E-state index is 12.4. The zero-order valence-electron chi connectivity index (χ0n) is 17.7. The largest absolute Gasteiger partial charge is 0.298 e. The minimum absolute atomic E-state index is 0.343. The molecule has 2 aromatic carbocycles. The number of hydrazone groups is 1. The molecule has 9 heteroatoms. The Bertz CT molecular complexity index is 1050. The first kappa shape index (κ1) is 23.2. The number of benzene rings is 2. The number of halogens is 1. The summed E-state index contributed by atoms with van der Waals surface area (Å²) in [7, 11) is -3.66. The van der Waals surface area contributed by atoms with E-state index in [1.54, 1.807) is 18.2 Å². The number of aryl methyl sites for hydroxylation is 1. The molecule has 1 heterocycles. The van der Waals surface area contributed by atoms with E-state index in [4.69, 9.17) is 11.6 Å². The number of anilines is 1. The fourth-order valence-electron chi connectivity index (χ4n) is 3.37. The molecule has 7 nitrogen and oxygen atoms in total. The Kier molecular flexibility index (Phi) is 7.69. The standard InChI is InChI=1S/C22H27ClN4O3S/c1-17-8-9-20(14-21(17)23)27(31(2,29)30)16-22(28)25-24-19-10-12-26(13-11-19)15-18-6-4-3-5-7-18/h3-9,14H,10-13,15-16H2,1-2H3,(H,25,28). The summed E-state index contributed by atoms with van der Waals surface area (Å²) in [5.41, 5.74) is 5.85. The third-order valence-corrected chi connectivity index (χ3v) is 6.70. The summed E-state index contributed by atoms with van der Waals surface area (Å²) < 4.78 is 25.5. The predicted octanol–water partition coefficient (Wildman–Crippen LogP) is 3.18. The highest BCUT2D eigenvalue weighted by Crippen LogP contribution is 2.24. The minimum Gasteiger partial charge on any atom is -0.298 e. The summed E-state index contributed by atoms with van der Waals surface area (Å²) in [5.74, 6) is -0.499. The third-order valence-electron chi connectivity index (χ3n) is 5.15. The van der Waals surface area contributed by atoms with Gasteiger partial charge in [0, 0.05) is 43.2 Å². The van der Waals surface area contributed by atoms with Gasteiger partial charge in [0.15, 0.2) is 0 Å². The van der Waals surface area contributed by atoms with Gasteiger partial charge < -0.3 is 0 Å². The number of piperidine rings is 1. The molecule has 1 saturated heterocycles. The monoisotopic (exact) mass is 462 g/mol. The number of nitrogens with one attached hydrogen (secondary N) is 1. The van der Waals surface area contributed by atoms with Crippen molar-refractivity contribution in [2.24, 2.45) is 5.10 Å². The zero-order chi connectivity index (χ0) is 22.4. The van der Waals surface area contributed by atoms with Crippen LogP contribution in [0.4, 0.5) is 5.69 Å². The van der Waals surface area contributed by atoms with Gasteiger partial charge in [-0.15, -0.1) is 0 Å². The lowest BCUT2D eigenvalue weighted by Gasteiger charge is -2.27. The maximum Gasteiger partial charge on any atom is 0.260 e. The average molecular weight is 463 g/mol. The third kappa shape index (κ3) is 6.78. The van der Waals surface area contributed by atoms with Crippen molar-refractivity contribution in [2.75, 3.05) is 30.2 Å². The van der Waals surface area contributed by atoms with Crippen LogP contribution in [0.3, 0.4) is 0 Å². The highest BCUT2D eigenvalue weighted by Gasteiger charge is 2.22. The van der Waals surface area contributed by atoms with Gasteiger partial charge in [-0.3, -0.25) is 14.0 Å². The van der Waals surface area contributed by atoms with E-state index in [1.165, 1.54) is 5.56 Å². The number of amides is 1. The summed E-state index contributed by atoms with van der Waals surface area (Å²) in [4.78, 5) is 14.8.